The summed E-state index contributed by atoms with van der Waals surface area (Å²) in [5, 5.41) is 0. The van der Waals surface area contributed by atoms with Crippen molar-refractivity contribution in [1.82, 2.24) is 0 Å². The van der Waals surface area contributed by atoms with Crippen molar-refractivity contribution < 1.29 is 0 Å². The van der Waals surface area contributed by atoms with Crippen LogP contribution in [0.25, 0.3) is 0 Å². The van der Waals surface area contributed by atoms with Crippen LogP contribution in [0.4, 0.5) is 0 Å². The molecule has 0 spiro atoms. The molecule has 0 bridgehead atoms. The van der Waals surface area contributed by atoms with Crippen molar-refractivity contribution in [2.75, 3.05) is 0 Å². The van der Waals surface area contributed by atoms with Gasteiger partial charge in [0.05, 0.1) is 3.79 Å². The summed E-state index contributed by atoms with van der Waals surface area (Å²) in [6, 6.07) is 4.15. The summed E-state index contributed by atoms with van der Waals surface area (Å²) in [5.41, 5.74) is 0. The molecule has 1 aromatic rings. The molecule has 0 unspecified atom stereocenters. The average molecular weight is 207 g/mol. The lowest BCUT2D eigenvalue weighted by molar-refractivity contribution is 1.50. The predicted molar refractivity (Wildman–Crippen MR) is 48.1 cm³/mol. The van der Waals surface area contributed by atoms with Gasteiger partial charge in [0.25, 0.3) is 0 Å². The smallest absolute Gasteiger partial charge is 0.0701 e. The van der Waals surface area contributed by atoms with E-state index in [1.54, 1.807) is 11.3 Å². The molecule has 0 aliphatic carbocycles. The van der Waals surface area contributed by atoms with E-state index in [-0.39, 0.29) is 0 Å². The van der Waals surface area contributed by atoms with Crippen molar-refractivity contribution in [3.8, 4) is 0 Å². The van der Waals surface area contributed by atoms with Crippen LogP contribution in [0.2, 0.25) is 0 Å². The van der Waals surface area contributed by atoms with Gasteiger partial charge in [0, 0.05) is 4.88 Å². The Bertz CT molecular complexity index is 141. The Morgan fingerprint density at radius 3 is 2.00 bits per heavy atom. The standard InChI is InChI=1S/C5H5BrS.C2H6/c1-4-2-3-5(6)7-4;1-2/h2-3H,1H3;1-2H3. The quantitative estimate of drug-likeness (QED) is 0.606. The van der Waals surface area contributed by atoms with Gasteiger partial charge in [-0.25, -0.2) is 0 Å². The second-order valence-electron chi connectivity index (χ2n) is 1.35. The second kappa shape index (κ2) is 5.00. The van der Waals surface area contributed by atoms with Crippen LogP contribution >= 0.6 is 27.3 Å². The number of aryl methyl sites for hydroxylation is 1. The number of rotatable bonds is 0. The molecule has 0 fully saturated rings. The van der Waals surface area contributed by atoms with Crippen LogP contribution in [0.3, 0.4) is 0 Å². The molecule has 0 radical (unpaired) electrons. The molecule has 0 saturated carbocycles. The summed E-state index contributed by atoms with van der Waals surface area (Å²) in [4.78, 5) is 1.35. The lowest BCUT2D eigenvalue weighted by Crippen LogP contribution is -1.43. The van der Waals surface area contributed by atoms with Gasteiger partial charge in [0.15, 0.2) is 0 Å². The van der Waals surface area contributed by atoms with E-state index in [9.17, 15) is 0 Å². The maximum Gasteiger partial charge on any atom is 0.0701 e. The molecule has 9 heavy (non-hydrogen) atoms. The highest BCUT2D eigenvalue weighted by atomic mass is 79.9. The summed E-state index contributed by atoms with van der Waals surface area (Å²) >= 11 is 5.11. The van der Waals surface area contributed by atoms with Crippen molar-refractivity contribution >= 4 is 27.3 Å². The first-order chi connectivity index (χ1) is 4.29. The van der Waals surface area contributed by atoms with Gasteiger partial charge in [-0.1, -0.05) is 13.8 Å². The fourth-order valence-electron chi connectivity index (χ4n) is 0.405. The molecular weight excluding hydrogens is 196 g/mol. The van der Waals surface area contributed by atoms with E-state index < -0.39 is 0 Å². The monoisotopic (exact) mass is 206 g/mol. The van der Waals surface area contributed by atoms with Crippen LogP contribution in [0, 0.1) is 6.92 Å². The van der Waals surface area contributed by atoms with Crippen molar-refractivity contribution in [2.24, 2.45) is 0 Å². The Labute approximate surface area is 69.0 Å². The highest BCUT2D eigenvalue weighted by Gasteiger charge is 1.86. The predicted octanol–water partition coefficient (Wildman–Crippen LogP) is 3.85. The molecule has 0 aliphatic rings. The van der Waals surface area contributed by atoms with E-state index in [2.05, 4.69) is 35.0 Å². The van der Waals surface area contributed by atoms with Crippen LogP contribution in [-0.4, -0.2) is 0 Å². The van der Waals surface area contributed by atoms with E-state index in [0.29, 0.717) is 0 Å². The van der Waals surface area contributed by atoms with Gasteiger partial charge < -0.3 is 0 Å². The third-order valence-corrected chi connectivity index (χ3v) is 2.25. The molecule has 2 heteroatoms. The van der Waals surface area contributed by atoms with Crippen molar-refractivity contribution in [1.29, 1.82) is 0 Å². The van der Waals surface area contributed by atoms with Gasteiger partial charge in [-0.05, 0) is 35.0 Å². The normalized spacial score (nSPS) is 8.00. The van der Waals surface area contributed by atoms with E-state index in [0.717, 1.165) is 0 Å². The van der Waals surface area contributed by atoms with Crippen LogP contribution in [0.1, 0.15) is 18.7 Å². The molecule has 0 nitrogen and oxygen atoms in total. The fraction of sp³-hybridized carbons (Fsp3) is 0.429. The number of thiophene rings is 1. The van der Waals surface area contributed by atoms with E-state index in [4.69, 9.17) is 0 Å². The van der Waals surface area contributed by atoms with Crippen molar-refractivity contribution in [2.45, 2.75) is 20.8 Å². The lowest BCUT2D eigenvalue weighted by Gasteiger charge is -1.69. The number of hydrogen-bond acceptors (Lipinski definition) is 1. The van der Waals surface area contributed by atoms with Gasteiger partial charge >= 0.3 is 0 Å². The fourth-order valence-corrected chi connectivity index (χ4v) is 1.88. The molecule has 1 aromatic heterocycles. The van der Waals surface area contributed by atoms with E-state index in [1.807, 2.05) is 13.8 Å². The largest absolute Gasteiger partial charge is 0.134 e. The minimum atomic E-state index is 1.21. The van der Waals surface area contributed by atoms with Crippen LogP contribution < -0.4 is 0 Å². The maximum absolute atomic E-state index is 3.35. The Morgan fingerprint density at radius 1 is 1.33 bits per heavy atom. The summed E-state index contributed by atoms with van der Waals surface area (Å²) in [7, 11) is 0. The zero-order valence-corrected chi connectivity index (χ0v) is 8.34. The van der Waals surface area contributed by atoms with Crippen molar-refractivity contribution in [3.05, 3.63) is 20.8 Å². The first-order valence-electron chi connectivity index (χ1n) is 3.01. The second-order valence-corrected chi connectivity index (χ2v) is 4.02. The Morgan fingerprint density at radius 2 is 1.89 bits per heavy atom. The van der Waals surface area contributed by atoms with Crippen LogP contribution in [0.15, 0.2) is 15.9 Å². The Kier molecular flexibility index (Phi) is 5.10. The third-order valence-electron chi connectivity index (χ3n) is 0.708. The molecule has 1 rings (SSSR count). The van der Waals surface area contributed by atoms with Gasteiger partial charge in [0.2, 0.25) is 0 Å². The van der Waals surface area contributed by atoms with Gasteiger partial charge in [0.1, 0.15) is 0 Å². The first-order valence-corrected chi connectivity index (χ1v) is 4.62. The number of hydrogen-bond donors (Lipinski definition) is 0. The molecular formula is C7H11BrS. The van der Waals surface area contributed by atoms with E-state index in [1.165, 1.54) is 8.66 Å². The molecule has 0 aliphatic heterocycles. The molecule has 0 amide bonds. The van der Waals surface area contributed by atoms with E-state index >= 15 is 0 Å². The van der Waals surface area contributed by atoms with Gasteiger partial charge in [-0.3, -0.25) is 0 Å². The highest BCUT2D eigenvalue weighted by molar-refractivity contribution is 9.11. The molecule has 0 saturated heterocycles. The van der Waals surface area contributed by atoms with Gasteiger partial charge in [-0.2, -0.15) is 0 Å². The summed E-state index contributed by atoms with van der Waals surface area (Å²) in [5.74, 6) is 0. The number of halogens is 1. The molecule has 52 valence electrons. The summed E-state index contributed by atoms with van der Waals surface area (Å²) in [6.07, 6.45) is 0. The average Bonchev–Trinajstić information content (AvgIpc) is 2.20. The molecule has 0 N–H and O–H groups in total. The minimum absolute atomic E-state index is 1.21. The topological polar surface area (TPSA) is 0 Å². The molecule has 0 aromatic carbocycles. The zero-order valence-electron chi connectivity index (χ0n) is 5.94. The SMILES string of the molecule is CC.Cc1ccc(Br)s1. The van der Waals surface area contributed by atoms with Crippen molar-refractivity contribution in [3.63, 3.8) is 0 Å². The maximum atomic E-state index is 3.35. The zero-order chi connectivity index (χ0) is 7.28. The third kappa shape index (κ3) is 3.71. The van der Waals surface area contributed by atoms with Crippen LogP contribution in [-0.2, 0) is 0 Å². The van der Waals surface area contributed by atoms with Crippen LogP contribution in [0.5, 0.6) is 0 Å². The molecule has 1 heterocycles. The van der Waals surface area contributed by atoms with Gasteiger partial charge in [-0.15, -0.1) is 11.3 Å². The highest BCUT2D eigenvalue weighted by Crippen LogP contribution is 2.20. The summed E-state index contributed by atoms with van der Waals surface area (Å²) < 4.78 is 1.21. The molecule has 0 atom stereocenters. The Hall–Kier alpha value is 0.180. The minimum Gasteiger partial charge on any atom is -0.134 e. The Balaban J connectivity index is 0.000000291. The first kappa shape index (κ1) is 9.18. The lowest BCUT2D eigenvalue weighted by atomic mass is 10.5. The summed E-state index contributed by atoms with van der Waals surface area (Å²) in [6.45, 7) is 6.09.